The molecule has 8 fully saturated rings. The van der Waals surface area contributed by atoms with Gasteiger partial charge >= 0.3 is 47.9 Å². The molecule has 814 valence electrons. The second kappa shape index (κ2) is 88.3. The molecule has 0 spiro atoms. The Morgan fingerprint density at radius 1 is 0.252 bits per heavy atom. The largest absolute Gasteiger partial charge is 0.533 e. The molecule has 8 saturated heterocycles. The van der Waals surface area contributed by atoms with Crippen molar-refractivity contribution in [2.45, 2.75) is 414 Å². The van der Waals surface area contributed by atoms with Gasteiger partial charge in [0.15, 0.2) is 0 Å². The van der Waals surface area contributed by atoms with E-state index in [4.69, 9.17) is 19.4 Å². The molecule has 18 amide bonds. The number of unbranched alkanes of at least 4 members (excludes halogenated alkanes) is 1. The highest BCUT2D eigenvalue weighted by molar-refractivity contribution is 6.06. The van der Waals surface area contributed by atoms with Crippen molar-refractivity contribution in [3.05, 3.63) is 0 Å². The summed E-state index contributed by atoms with van der Waals surface area (Å²) < 4.78 is 4.39. The van der Waals surface area contributed by atoms with Gasteiger partial charge in [-0.3, -0.25) is 91.1 Å². The van der Waals surface area contributed by atoms with E-state index in [0.29, 0.717) is 85.7 Å². The van der Waals surface area contributed by atoms with Crippen molar-refractivity contribution in [1.82, 2.24) is 51.1 Å². The Kier molecular flexibility index (Phi) is 104. The first-order valence-electron chi connectivity index (χ1n) is 40.9. The van der Waals surface area contributed by atoms with Gasteiger partial charge in [-0.05, 0) is 65.7 Å². The van der Waals surface area contributed by atoms with Crippen LogP contribution in [-0.4, -0.2) is 214 Å². The van der Waals surface area contributed by atoms with Gasteiger partial charge < -0.3 is 49.2 Å². The third-order valence-corrected chi connectivity index (χ3v) is 17.4. The van der Waals surface area contributed by atoms with E-state index in [-0.39, 0.29) is 290 Å². The van der Waals surface area contributed by atoms with E-state index < -0.39 is 148 Å². The maximum absolute atomic E-state index is 11.8. The first kappa shape index (κ1) is 163. The molecule has 45 heteroatoms. The maximum atomic E-state index is 11.8. The van der Waals surface area contributed by atoms with Crippen molar-refractivity contribution in [3.63, 3.8) is 0 Å². The zero-order valence-corrected chi connectivity index (χ0v) is 71.6. The molecule has 2 N–H and O–H groups in total. The van der Waals surface area contributed by atoms with E-state index in [0.717, 1.165) is 44.9 Å². The Bertz CT molecular complexity index is 3650. The van der Waals surface area contributed by atoms with Crippen LogP contribution in [0.15, 0.2) is 0 Å². The summed E-state index contributed by atoms with van der Waals surface area (Å²) >= 11 is 0. The van der Waals surface area contributed by atoms with E-state index in [1.54, 1.807) is 27.7 Å². The molecule has 0 aliphatic carbocycles. The molecule has 3 unspecified atom stereocenters. The number of hydrogen-bond donors (Lipinski definition) is 2. The van der Waals surface area contributed by atoms with Gasteiger partial charge in [0.25, 0.3) is 94.5 Å². The SMILES string of the molecule is C.C.C.C.C.C.C.C.C.C.C.C.C.C.C.C.CCCC(=O)ON1C(=O)CCC1=O.CCCC(C)C(=O)ON1C(=O)CCC1=O.CCCC(CC)C(=O)ON1C(=O)CCC1=O.CCCC(CCC)C(=O)ON1C(=O)CCC1=O.CCCCC(=O)ON1C(=O)CCC1=O.CCNC(=O)CC(C)C(=O)ON1C(=O)CCC1=O.CCNC(=O)CCC(=O)ON1C(=O)CCC1=O.CCOC(=O)ON1C(=O)CCC1=O. The monoisotopic (exact) mass is 2010 g/mol. The summed E-state index contributed by atoms with van der Waals surface area (Å²) in [4.78, 5) is 328. The topological polar surface area (TPSA) is 577 Å². The van der Waals surface area contributed by atoms with Crippen LogP contribution in [-0.2, 0) is 163 Å². The van der Waals surface area contributed by atoms with Gasteiger partial charge in [-0.25, -0.2) is 38.4 Å². The van der Waals surface area contributed by atoms with E-state index >= 15 is 0 Å². The van der Waals surface area contributed by atoms with Crippen LogP contribution in [0.25, 0.3) is 0 Å². The van der Waals surface area contributed by atoms with Crippen LogP contribution in [0.3, 0.4) is 0 Å². The van der Waals surface area contributed by atoms with Crippen molar-refractivity contribution in [2.75, 3.05) is 19.7 Å². The Balaban J connectivity index is -0.0000000876. The molecule has 8 heterocycles. The minimum absolute atomic E-state index is 0. The highest BCUT2D eigenvalue weighted by Crippen LogP contribution is 2.24. The molecular formula is C94H178N10O35. The molecule has 0 aromatic carbocycles. The minimum atomic E-state index is -1.04. The van der Waals surface area contributed by atoms with Crippen LogP contribution in [0.1, 0.15) is 414 Å². The van der Waals surface area contributed by atoms with Gasteiger partial charge in [-0.2, -0.15) is 0 Å². The van der Waals surface area contributed by atoms with Crippen molar-refractivity contribution in [1.29, 1.82) is 0 Å². The van der Waals surface area contributed by atoms with Gasteiger partial charge in [0.05, 0.1) is 36.7 Å². The van der Waals surface area contributed by atoms with Crippen LogP contribution < -0.4 is 10.6 Å². The molecule has 139 heavy (non-hydrogen) atoms. The Morgan fingerprint density at radius 3 is 0.734 bits per heavy atom. The molecule has 8 aliphatic heterocycles. The average Bonchev–Trinajstić information content (AvgIpc) is 1.69. The standard InChI is InChI=1S/C12H19NO4.C11H16N2O5.C11H17NO4.C10H14N2O5.C10H15NO4.C9H13NO4.C8H11NO4.C7H9NO5.16CH4/c1-3-5-9(6-4-2)12(16)17-13-10(14)7-8-11(13)15;1-3-12-8(14)6-7(2)11(17)18-13-9(15)4-5-10(13)16;1-3-5-8(4-2)11(15)16-12-9(13)6-7-10(12)14;1-2-11-7(13)3-6-10(16)17-12-8(14)4-5-9(12)15;1-3-4-7(2)10(14)15-11-8(12)5-6-9(11)13;1-2-3-4-9(13)14-10-7(11)5-6-8(10)12;1-2-3-8(12)13-9-6(10)4-5-7(9)11;1-2-12-7(11)13-8-5(9)3-4-6(8)10;;;;;;;;;;;;;;;;/h9H,3-8H2,1-2H3;7H,3-6H2,1-2H3,(H,12,14);8H,3-7H2,1-2H3;2-6H2,1H3,(H,11,13);7H,3-6H2,1-2H3;2-6H2,1H3;2-5H2,1H3;2-4H2,1H3;16*1H4. The maximum Gasteiger partial charge on any atom is 0.533 e. The van der Waals surface area contributed by atoms with Crippen molar-refractivity contribution < 1.29 is 168 Å². The van der Waals surface area contributed by atoms with Crippen LogP contribution >= 0.6 is 0 Å². The Hall–Kier alpha value is -12.4. The van der Waals surface area contributed by atoms with Crippen molar-refractivity contribution in [3.8, 4) is 0 Å². The van der Waals surface area contributed by atoms with Crippen LogP contribution in [0, 0.1) is 23.7 Å². The van der Waals surface area contributed by atoms with Gasteiger partial charge in [0.1, 0.15) is 0 Å². The quantitative estimate of drug-likeness (QED) is 0.0446. The predicted molar refractivity (Wildman–Crippen MR) is 518 cm³/mol. The lowest BCUT2D eigenvalue weighted by Crippen LogP contribution is -2.35. The third kappa shape index (κ3) is 60.2. The third-order valence-electron chi connectivity index (χ3n) is 17.4. The summed E-state index contributed by atoms with van der Waals surface area (Å²) in [5, 5.41) is 9.44. The number of carbonyl (C=O) groups is 26. The highest BCUT2D eigenvalue weighted by Gasteiger charge is 2.41. The molecule has 0 bridgehead atoms. The normalized spacial score (nSPS) is 14.6. The Labute approximate surface area is 827 Å². The Morgan fingerprint density at radius 2 is 0.482 bits per heavy atom. The molecule has 0 aromatic heterocycles. The molecule has 0 aromatic rings. The van der Waals surface area contributed by atoms with Gasteiger partial charge in [0.2, 0.25) is 11.8 Å². The first-order chi connectivity index (χ1) is 58.2. The minimum Gasteiger partial charge on any atom is -0.433 e. The predicted octanol–water partition coefficient (Wildman–Crippen LogP) is 15.1. The molecule has 3 atom stereocenters. The van der Waals surface area contributed by atoms with E-state index in [1.165, 1.54) is 6.92 Å². The summed E-state index contributed by atoms with van der Waals surface area (Å²) in [6, 6.07) is 0. The number of imide groups is 8. The van der Waals surface area contributed by atoms with Gasteiger partial charge in [0, 0.05) is 142 Å². The van der Waals surface area contributed by atoms with Crippen LogP contribution in [0.2, 0.25) is 0 Å². The van der Waals surface area contributed by atoms with E-state index in [9.17, 15) is 125 Å². The second-order valence-electron chi connectivity index (χ2n) is 27.7. The van der Waals surface area contributed by atoms with Crippen LogP contribution in [0.4, 0.5) is 4.79 Å². The lowest BCUT2D eigenvalue weighted by molar-refractivity contribution is -0.201. The van der Waals surface area contributed by atoms with Crippen molar-refractivity contribution in [2.24, 2.45) is 23.7 Å². The number of ether oxygens (including phenoxy) is 1. The summed E-state index contributed by atoms with van der Waals surface area (Å²) in [6.45, 7) is 23.0. The molecule has 8 aliphatic rings. The lowest BCUT2D eigenvalue weighted by atomic mass is 9.99. The molecule has 8 rings (SSSR count). The number of amides is 18. The molecule has 45 nitrogen and oxygen atoms in total. The number of nitrogens with one attached hydrogen (secondary N) is 2. The molecule has 0 saturated carbocycles. The molecular weight excluding hydrogens is 1830 g/mol. The summed E-state index contributed by atoms with van der Waals surface area (Å²) in [7, 11) is 0. The average molecular weight is 2010 g/mol. The zero-order chi connectivity index (χ0) is 93.2. The first-order valence-corrected chi connectivity index (χ1v) is 40.9. The van der Waals surface area contributed by atoms with Crippen molar-refractivity contribution >= 4 is 154 Å². The number of carbonyl (C=O) groups excluding carboxylic acids is 26. The molecule has 0 radical (unpaired) electrons. The smallest absolute Gasteiger partial charge is 0.433 e. The summed E-state index contributed by atoms with van der Waals surface area (Å²) in [5.74, 6) is -13.5. The lowest BCUT2D eigenvalue weighted by Gasteiger charge is -2.18. The highest BCUT2D eigenvalue weighted by atomic mass is 16.8. The fraction of sp³-hybridized carbons (Fsp3) is 0.723. The fourth-order valence-electron chi connectivity index (χ4n) is 10.7. The zero-order valence-electron chi connectivity index (χ0n) is 71.6. The number of nitrogens with zero attached hydrogens (tertiary/aromatic N) is 8. The number of hydroxylamine groups is 16. The second-order valence-corrected chi connectivity index (χ2v) is 27.7. The fourth-order valence-corrected chi connectivity index (χ4v) is 10.7. The van der Waals surface area contributed by atoms with E-state index in [2.05, 4.69) is 34.7 Å². The van der Waals surface area contributed by atoms with Crippen LogP contribution in [0.5, 0.6) is 0 Å². The number of rotatable bonds is 34. The summed E-state index contributed by atoms with van der Waals surface area (Å²) in [5.41, 5.74) is 0. The van der Waals surface area contributed by atoms with Gasteiger partial charge in [-0.15, -0.1) is 35.4 Å². The van der Waals surface area contributed by atoms with Gasteiger partial charge in [-0.1, -0.05) is 218 Å². The number of hydrogen-bond acceptors (Lipinski definition) is 35. The van der Waals surface area contributed by atoms with E-state index in [1.807, 2.05) is 48.5 Å². The summed E-state index contributed by atoms with van der Waals surface area (Å²) in [6.07, 6.45) is 10.1.